The van der Waals surface area contributed by atoms with Crippen molar-refractivity contribution in [2.24, 2.45) is 0 Å². The van der Waals surface area contributed by atoms with Gasteiger partial charge in [0.05, 0.1) is 6.20 Å². The molecule has 0 unspecified atom stereocenters. The molecule has 0 spiro atoms. The molecular formula is C11H11F2N3O2S. The van der Waals surface area contributed by atoms with Gasteiger partial charge >= 0.3 is 0 Å². The lowest BCUT2D eigenvalue weighted by atomic mass is 10.1. The van der Waals surface area contributed by atoms with Gasteiger partial charge < -0.3 is 0 Å². The fourth-order valence-corrected chi connectivity index (χ4v) is 2.49. The van der Waals surface area contributed by atoms with Crippen LogP contribution in [0.15, 0.2) is 35.5 Å². The molecule has 8 heteroatoms. The number of sulfonamides is 1. The first-order valence-corrected chi connectivity index (χ1v) is 6.90. The second kappa shape index (κ2) is 5.45. The predicted octanol–water partition coefficient (Wildman–Crippen LogP) is 1.21. The molecule has 2 rings (SSSR count). The number of hydrogen-bond acceptors (Lipinski definition) is 3. The second-order valence-corrected chi connectivity index (χ2v) is 5.58. The third kappa shape index (κ3) is 3.58. The molecule has 1 heterocycles. The van der Waals surface area contributed by atoms with E-state index >= 15 is 0 Å². The van der Waals surface area contributed by atoms with Crippen molar-refractivity contribution in [3.8, 4) is 0 Å². The van der Waals surface area contributed by atoms with E-state index in [0.717, 1.165) is 18.2 Å². The fraction of sp³-hybridized carbons (Fsp3) is 0.182. The summed E-state index contributed by atoms with van der Waals surface area (Å²) in [5, 5.41) is 5.80. The Hall–Kier alpha value is -1.80. The van der Waals surface area contributed by atoms with Gasteiger partial charge in [-0.05, 0) is 30.2 Å². The molecule has 0 fully saturated rings. The molecular weight excluding hydrogens is 276 g/mol. The highest BCUT2D eigenvalue weighted by Crippen LogP contribution is 2.09. The number of halogens is 2. The summed E-state index contributed by atoms with van der Waals surface area (Å²) in [6.07, 6.45) is 1.50. The number of rotatable bonds is 5. The van der Waals surface area contributed by atoms with Crippen LogP contribution in [0.3, 0.4) is 0 Å². The average Bonchev–Trinajstić information content (AvgIpc) is 2.81. The van der Waals surface area contributed by atoms with Crippen LogP contribution in [-0.2, 0) is 16.4 Å². The molecule has 0 saturated heterocycles. The SMILES string of the molecule is O=S(=O)(NCCc1cc(F)cc(F)c1)c1ccn[nH]1. The summed E-state index contributed by atoms with van der Waals surface area (Å²) in [6, 6.07) is 4.39. The summed E-state index contributed by atoms with van der Waals surface area (Å²) in [7, 11) is -3.66. The van der Waals surface area contributed by atoms with Gasteiger partial charge in [-0.2, -0.15) is 5.10 Å². The number of nitrogens with zero attached hydrogens (tertiary/aromatic N) is 1. The molecule has 0 amide bonds. The minimum atomic E-state index is -3.66. The van der Waals surface area contributed by atoms with E-state index in [1.807, 2.05) is 0 Å². The van der Waals surface area contributed by atoms with Gasteiger partial charge in [-0.15, -0.1) is 0 Å². The highest BCUT2D eigenvalue weighted by Gasteiger charge is 2.14. The summed E-state index contributed by atoms with van der Waals surface area (Å²) >= 11 is 0. The van der Waals surface area contributed by atoms with Crippen LogP contribution in [0.2, 0.25) is 0 Å². The van der Waals surface area contributed by atoms with Gasteiger partial charge in [-0.25, -0.2) is 21.9 Å². The molecule has 0 radical (unpaired) electrons. The molecule has 0 aliphatic heterocycles. The van der Waals surface area contributed by atoms with Crippen LogP contribution in [0.5, 0.6) is 0 Å². The van der Waals surface area contributed by atoms with E-state index in [-0.39, 0.29) is 18.0 Å². The molecule has 1 aromatic carbocycles. The molecule has 1 aromatic heterocycles. The number of H-pyrrole nitrogens is 1. The van der Waals surface area contributed by atoms with E-state index in [1.165, 1.54) is 12.3 Å². The van der Waals surface area contributed by atoms with Crippen molar-refractivity contribution in [2.45, 2.75) is 11.4 Å². The van der Waals surface area contributed by atoms with Crippen LogP contribution in [0, 0.1) is 11.6 Å². The molecule has 0 aliphatic carbocycles. The molecule has 0 aliphatic rings. The molecule has 102 valence electrons. The molecule has 19 heavy (non-hydrogen) atoms. The molecule has 0 bridgehead atoms. The number of hydrogen-bond donors (Lipinski definition) is 2. The molecule has 2 N–H and O–H groups in total. The Morgan fingerprint density at radius 3 is 2.47 bits per heavy atom. The summed E-state index contributed by atoms with van der Waals surface area (Å²) < 4.78 is 51.5. The van der Waals surface area contributed by atoms with E-state index in [9.17, 15) is 17.2 Å². The van der Waals surface area contributed by atoms with E-state index in [0.29, 0.717) is 5.56 Å². The summed E-state index contributed by atoms with van der Waals surface area (Å²) in [6.45, 7) is 0.0320. The first-order chi connectivity index (χ1) is 8.97. The van der Waals surface area contributed by atoms with Crippen molar-refractivity contribution < 1.29 is 17.2 Å². The molecule has 0 atom stereocenters. The van der Waals surface area contributed by atoms with Crippen molar-refractivity contribution in [1.29, 1.82) is 0 Å². The van der Waals surface area contributed by atoms with Crippen molar-refractivity contribution >= 4 is 10.0 Å². The Kier molecular flexibility index (Phi) is 3.91. The van der Waals surface area contributed by atoms with Crippen LogP contribution < -0.4 is 4.72 Å². The fourth-order valence-electron chi connectivity index (χ4n) is 1.56. The minimum absolute atomic E-state index is 0.0320. The normalized spacial score (nSPS) is 11.7. The van der Waals surface area contributed by atoms with E-state index in [2.05, 4.69) is 14.9 Å². The van der Waals surface area contributed by atoms with Gasteiger partial charge in [-0.1, -0.05) is 0 Å². The Morgan fingerprint density at radius 2 is 1.89 bits per heavy atom. The van der Waals surface area contributed by atoms with Crippen molar-refractivity contribution in [2.75, 3.05) is 6.54 Å². The van der Waals surface area contributed by atoms with Crippen LogP contribution in [0.4, 0.5) is 8.78 Å². The Bertz CT molecular complexity index is 636. The summed E-state index contributed by atoms with van der Waals surface area (Å²) in [4.78, 5) is 0. The Balaban J connectivity index is 1.97. The smallest absolute Gasteiger partial charge is 0.257 e. The topological polar surface area (TPSA) is 74.8 Å². The lowest BCUT2D eigenvalue weighted by molar-refractivity contribution is 0.574. The highest BCUT2D eigenvalue weighted by atomic mass is 32.2. The predicted molar refractivity (Wildman–Crippen MR) is 63.8 cm³/mol. The van der Waals surface area contributed by atoms with Crippen LogP contribution in [0.25, 0.3) is 0 Å². The standard InChI is InChI=1S/C11H11F2N3O2S/c12-9-5-8(6-10(13)7-9)1-4-15-19(17,18)11-2-3-14-16-11/h2-3,5-7,15H,1,4H2,(H,14,16). The third-order valence-electron chi connectivity index (χ3n) is 2.39. The molecule has 2 aromatic rings. The summed E-state index contributed by atoms with van der Waals surface area (Å²) in [5.41, 5.74) is 0.379. The molecule has 0 saturated carbocycles. The van der Waals surface area contributed by atoms with Crippen molar-refractivity contribution in [3.05, 3.63) is 47.7 Å². The molecule has 5 nitrogen and oxygen atoms in total. The van der Waals surface area contributed by atoms with Crippen LogP contribution >= 0.6 is 0 Å². The average molecular weight is 287 g/mol. The first kappa shape index (κ1) is 13.6. The highest BCUT2D eigenvalue weighted by molar-refractivity contribution is 7.89. The second-order valence-electron chi connectivity index (χ2n) is 3.85. The van der Waals surface area contributed by atoms with E-state index < -0.39 is 21.7 Å². The Labute approximate surface area is 108 Å². The van der Waals surface area contributed by atoms with Crippen molar-refractivity contribution in [1.82, 2.24) is 14.9 Å². The minimum Gasteiger partial charge on any atom is -0.266 e. The van der Waals surface area contributed by atoms with Gasteiger partial charge in [0.15, 0.2) is 5.03 Å². The quantitative estimate of drug-likeness (QED) is 0.868. The maximum atomic E-state index is 12.9. The zero-order valence-electron chi connectivity index (χ0n) is 9.73. The number of aromatic nitrogens is 2. The van der Waals surface area contributed by atoms with Crippen LogP contribution in [-0.4, -0.2) is 25.2 Å². The van der Waals surface area contributed by atoms with E-state index in [4.69, 9.17) is 0 Å². The first-order valence-electron chi connectivity index (χ1n) is 5.41. The monoisotopic (exact) mass is 287 g/mol. The summed E-state index contributed by atoms with van der Waals surface area (Å²) in [5.74, 6) is -1.38. The van der Waals surface area contributed by atoms with Gasteiger partial charge in [0, 0.05) is 12.6 Å². The lowest BCUT2D eigenvalue weighted by Crippen LogP contribution is -2.26. The van der Waals surface area contributed by atoms with Crippen molar-refractivity contribution in [3.63, 3.8) is 0 Å². The van der Waals surface area contributed by atoms with Gasteiger partial charge in [0.1, 0.15) is 11.6 Å². The van der Waals surface area contributed by atoms with Gasteiger partial charge in [-0.3, -0.25) is 5.10 Å². The largest absolute Gasteiger partial charge is 0.266 e. The number of aromatic amines is 1. The third-order valence-corrected chi connectivity index (χ3v) is 3.78. The van der Waals surface area contributed by atoms with Crippen LogP contribution in [0.1, 0.15) is 5.56 Å². The zero-order valence-corrected chi connectivity index (χ0v) is 10.5. The Morgan fingerprint density at radius 1 is 1.21 bits per heavy atom. The van der Waals surface area contributed by atoms with Gasteiger partial charge in [0.2, 0.25) is 0 Å². The maximum absolute atomic E-state index is 12.9. The number of nitrogens with one attached hydrogen (secondary N) is 2. The number of benzene rings is 1. The lowest BCUT2D eigenvalue weighted by Gasteiger charge is -2.05. The zero-order chi connectivity index (χ0) is 13.9. The van der Waals surface area contributed by atoms with Gasteiger partial charge in [0.25, 0.3) is 10.0 Å². The van der Waals surface area contributed by atoms with E-state index in [1.54, 1.807) is 0 Å². The maximum Gasteiger partial charge on any atom is 0.257 e.